The molecule has 4 nitrogen and oxygen atoms in total. The van der Waals surface area contributed by atoms with Crippen LogP contribution in [0.25, 0.3) is 0 Å². The number of halogens is 2. The quantitative estimate of drug-likeness (QED) is 0.422. The monoisotopic (exact) mass is 466 g/mol. The molecule has 0 radical (unpaired) electrons. The first-order valence-electron chi connectivity index (χ1n) is 11.0. The SMILES string of the molecule is CC.CC(=O)NC1(N)CCC(OCc2c(F)cccc2F)CC1.CSc1ccccc1C. The number of carbonyl (C=O) groups is 1. The van der Waals surface area contributed by atoms with Gasteiger partial charge >= 0.3 is 0 Å². The topological polar surface area (TPSA) is 64.4 Å². The molecule has 0 heterocycles. The third kappa shape index (κ3) is 9.27. The standard InChI is InChI=1S/C15H20F2N2O2.C8H10S.C2H6/c1-10(20)19-15(18)7-5-11(6-8-15)21-9-12-13(16)3-2-4-14(12)17;1-7-5-3-4-6-8(7)9-2;1-2/h2-4,11H,5-9,18H2,1H3,(H,19,20);3-6H,1-2H3;1-2H3. The van der Waals surface area contributed by atoms with Gasteiger partial charge in [0.15, 0.2) is 0 Å². The summed E-state index contributed by atoms with van der Waals surface area (Å²) in [5.74, 6) is -1.36. The Hall–Kier alpha value is -1.96. The molecule has 1 fully saturated rings. The van der Waals surface area contributed by atoms with Gasteiger partial charge in [0.1, 0.15) is 11.6 Å². The first-order chi connectivity index (χ1) is 15.2. The molecule has 0 saturated heterocycles. The fourth-order valence-corrected chi connectivity index (χ4v) is 4.01. The Kier molecular flexibility index (Phi) is 12.5. The van der Waals surface area contributed by atoms with E-state index in [1.807, 2.05) is 13.8 Å². The summed E-state index contributed by atoms with van der Waals surface area (Å²) >= 11 is 1.80. The second kappa shape index (κ2) is 14.2. The molecule has 0 aromatic heterocycles. The van der Waals surface area contributed by atoms with Crippen molar-refractivity contribution in [3.05, 3.63) is 65.2 Å². The van der Waals surface area contributed by atoms with Gasteiger partial charge in [-0.05, 0) is 62.6 Å². The molecule has 0 bridgehead atoms. The van der Waals surface area contributed by atoms with E-state index in [1.165, 1.54) is 35.6 Å². The zero-order valence-electron chi connectivity index (χ0n) is 19.7. The molecule has 0 unspecified atom stereocenters. The third-order valence-electron chi connectivity index (χ3n) is 5.09. The van der Waals surface area contributed by atoms with Crippen LogP contribution in [0.5, 0.6) is 0 Å². The minimum Gasteiger partial charge on any atom is -0.373 e. The van der Waals surface area contributed by atoms with Crippen LogP contribution in [-0.2, 0) is 16.1 Å². The molecular formula is C25H36F2N2O2S. The predicted octanol–water partition coefficient (Wildman–Crippen LogP) is 5.96. The zero-order valence-corrected chi connectivity index (χ0v) is 20.5. The zero-order chi connectivity index (χ0) is 24.1. The number of amides is 1. The molecular weight excluding hydrogens is 430 g/mol. The van der Waals surface area contributed by atoms with Crippen molar-refractivity contribution < 1.29 is 18.3 Å². The number of hydrogen-bond acceptors (Lipinski definition) is 4. The van der Waals surface area contributed by atoms with E-state index in [2.05, 4.69) is 42.8 Å². The average Bonchev–Trinajstić information content (AvgIpc) is 2.76. The Morgan fingerprint density at radius 1 is 1.12 bits per heavy atom. The van der Waals surface area contributed by atoms with Crippen LogP contribution in [0.1, 0.15) is 57.6 Å². The first-order valence-corrected chi connectivity index (χ1v) is 12.2. The van der Waals surface area contributed by atoms with E-state index in [4.69, 9.17) is 10.5 Å². The number of aryl methyl sites for hydroxylation is 1. The summed E-state index contributed by atoms with van der Waals surface area (Å²) in [7, 11) is 0. The molecule has 3 rings (SSSR count). The minimum absolute atomic E-state index is 0.0519. The number of thioether (sulfide) groups is 1. The smallest absolute Gasteiger partial charge is 0.218 e. The molecule has 32 heavy (non-hydrogen) atoms. The van der Waals surface area contributed by atoms with E-state index in [0.29, 0.717) is 25.7 Å². The Morgan fingerprint density at radius 2 is 1.69 bits per heavy atom. The maximum absolute atomic E-state index is 13.5. The van der Waals surface area contributed by atoms with Gasteiger partial charge in [0.25, 0.3) is 0 Å². The van der Waals surface area contributed by atoms with Crippen LogP contribution < -0.4 is 11.1 Å². The van der Waals surface area contributed by atoms with Gasteiger partial charge < -0.3 is 15.8 Å². The molecule has 0 spiro atoms. The summed E-state index contributed by atoms with van der Waals surface area (Å²) in [5.41, 5.74) is 6.68. The van der Waals surface area contributed by atoms with Gasteiger partial charge in [-0.15, -0.1) is 11.8 Å². The molecule has 1 aliphatic carbocycles. The molecule has 1 aliphatic rings. The number of carbonyl (C=O) groups excluding carboxylic acids is 1. The van der Waals surface area contributed by atoms with Crippen molar-refractivity contribution in [2.45, 2.75) is 76.6 Å². The highest BCUT2D eigenvalue weighted by molar-refractivity contribution is 7.98. The molecule has 1 saturated carbocycles. The largest absolute Gasteiger partial charge is 0.373 e. The van der Waals surface area contributed by atoms with Gasteiger partial charge in [0.2, 0.25) is 5.91 Å². The second-order valence-corrected chi connectivity index (χ2v) is 8.37. The Morgan fingerprint density at radius 3 is 2.16 bits per heavy atom. The van der Waals surface area contributed by atoms with Crippen molar-refractivity contribution in [2.75, 3.05) is 6.26 Å². The lowest BCUT2D eigenvalue weighted by Crippen LogP contribution is -2.57. The van der Waals surface area contributed by atoms with E-state index in [0.717, 1.165) is 0 Å². The van der Waals surface area contributed by atoms with Crippen LogP contribution in [0, 0.1) is 18.6 Å². The number of nitrogens with one attached hydrogen (secondary N) is 1. The van der Waals surface area contributed by atoms with E-state index < -0.39 is 17.3 Å². The number of ether oxygens (including phenoxy) is 1. The molecule has 2 aromatic rings. The summed E-state index contributed by atoms with van der Waals surface area (Å²) < 4.78 is 32.5. The summed E-state index contributed by atoms with van der Waals surface area (Å²) in [6.45, 7) is 7.46. The summed E-state index contributed by atoms with van der Waals surface area (Å²) in [6.07, 6.45) is 4.45. The van der Waals surface area contributed by atoms with Crippen molar-refractivity contribution in [1.82, 2.24) is 5.32 Å². The summed E-state index contributed by atoms with van der Waals surface area (Å²) in [4.78, 5) is 12.5. The van der Waals surface area contributed by atoms with Crippen LogP contribution in [0.15, 0.2) is 47.4 Å². The molecule has 0 aliphatic heterocycles. The maximum atomic E-state index is 13.5. The number of rotatable bonds is 5. The van der Waals surface area contributed by atoms with E-state index in [1.54, 1.807) is 11.8 Å². The highest BCUT2D eigenvalue weighted by atomic mass is 32.2. The van der Waals surface area contributed by atoms with Crippen LogP contribution in [0.3, 0.4) is 0 Å². The van der Waals surface area contributed by atoms with Gasteiger partial charge in [0.05, 0.1) is 18.4 Å². The van der Waals surface area contributed by atoms with Crippen molar-refractivity contribution in [2.24, 2.45) is 5.73 Å². The second-order valence-electron chi connectivity index (χ2n) is 7.52. The minimum atomic E-state index is -0.699. The van der Waals surface area contributed by atoms with Gasteiger partial charge in [-0.2, -0.15) is 0 Å². The molecule has 0 atom stereocenters. The maximum Gasteiger partial charge on any atom is 0.218 e. The molecule has 3 N–H and O–H groups in total. The predicted molar refractivity (Wildman–Crippen MR) is 128 cm³/mol. The Balaban J connectivity index is 0.000000388. The first kappa shape index (κ1) is 28.1. The van der Waals surface area contributed by atoms with Gasteiger partial charge in [0, 0.05) is 17.4 Å². The number of benzene rings is 2. The van der Waals surface area contributed by atoms with Crippen LogP contribution in [0.4, 0.5) is 8.78 Å². The third-order valence-corrected chi connectivity index (χ3v) is 5.99. The molecule has 2 aromatic carbocycles. The van der Waals surface area contributed by atoms with Crippen LogP contribution in [0.2, 0.25) is 0 Å². The van der Waals surface area contributed by atoms with Gasteiger partial charge in [-0.1, -0.05) is 38.1 Å². The van der Waals surface area contributed by atoms with Crippen molar-refractivity contribution in [3.8, 4) is 0 Å². The van der Waals surface area contributed by atoms with Crippen LogP contribution in [-0.4, -0.2) is 23.9 Å². The van der Waals surface area contributed by atoms with Gasteiger partial charge in [-0.25, -0.2) is 8.78 Å². The van der Waals surface area contributed by atoms with Crippen molar-refractivity contribution in [3.63, 3.8) is 0 Å². The van der Waals surface area contributed by atoms with Crippen LogP contribution >= 0.6 is 11.8 Å². The van der Waals surface area contributed by atoms with E-state index >= 15 is 0 Å². The normalized spacial score (nSPS) is 19.7. The van der Waals surface area contributed by atoms with Crippen molar-refractivity contribution >= 4 is 17.7 Å². The Bertz CT molecular complexity index is 820. The van der Waals surface area contributed by atoms with Gasteiger partial charge in [-0.3, -0.25) is 4.79 Å². The Labute approximate surface area is 195 Å². The average molecular weight is 467 g/mol. The number of hydrogen-bond donors (Lipinski definition) is 2. The lowest BCUT2D eigenvalue weighted by molar-refractivity contribution is -0.121. The van der Waals surface area contributed by atoms with Crippen molar-refractivity contribution in [1.29, 1.82) is 0 Å². The summed E-state index contributed by atoms with van der Waals surface area (Å²) in [6, 6.07) is 12.2. The molecule has 7 heteroatoms. The van der Waals surface area contributed by atoms with E-state index in [-0.39, 0.29) is 24.2 Å². The molecule has 178 valence electrons. The molecule has 1 amide bonds. The lowest BCUT2D eigenvalue weighted by Gasteiger charge is -2.37. The highest BCUT2D eigenvalue weighted by Crippen LogP contribution is 2.27. The summed E-state index contributed by atoms with van der Waals surface area (Å²) in [5, 5.41) is 2.73. The highest BCUT2D eigenvalue weighted by Gasteiger charge is 2.32. The fraction of sp³-hybridized carbons (Fsp3) is 0.480. The van der Waals surface area contributed by atoms with E-state index in [9.17, 15) is 13.6 Å². The lowest BCUT2D eigenvalue weighted by atomic mass is 9.87. The fourth-order valence-electron chi connectivity index (χ4n) is 3.41. The number of nitrogens with two attached hydrogens (primary N) is 1.